The summed E-state index contributed by atoms with van der Waals surface area (Å²) in [7, 11) is 4.51. The van der Waals surface area contributed by atoms with Gasteiger partial charge in [0.05, 0.1) is 45.7 Å². The second-order valence-corrected chi connectivity index (χ2v) is 7.28. The molecule has 0 bridgehead atoms. The van der Waals surface area contributed by atoms with Crippen LogP contribution in [0, 0.1) is 34.5 Å². The van der Waals surface area contributed by atoms with E-state index in [-0.39, 0.29) is 18.8 Å². The monoisotopic (exact) mass is 486 g/mol. The first kappa shape index (κ1) is 27.4. The third-order valence-electron chi connectivity index (χ3n) is 4.86. The third-order valence-corrected chi connectivity index (χ3v) is 4.86. The highest BCUT2D eigenvalue weighted by Crippen LogP contribution is 2.36. The summed E-state index contributed by atoms with van der Waals surface area (Å²) in [5.41, 5.74) is 2.02. The van der Waals surface area contributed by atoms with Gasteiger partial charge in [-0.05, 0) is 60.4 Å². The number of benzene rings is 2. The van der Waals surface area contributed by atoms with Gasteiger partial charge in [0.15, 0.2) is 29.1 Å². The van der Waals surface area contributed by atoms with E-state index in [4.69, 9.17) is 28.9 Å². The summed E-state index contributed by atoms with van der Waals surface area (Å²) < 4.78 is 26.9. The summed E-state index contributed by atoms with van der Waals surface area (Å²) in [6.07, 6.45) is 0.473. The third kappa shape index (κ3) is 7.06. The van der Waals surface area contributed by atoms with Crippen LogP contribution in [0.5, 0.6) is 23.0 Å². The van der Waals surface area contributed by atoms with Crippen molar-refractivity contribution in [1.29, 1.82) is 10.5 Å². The molecule has 0 atom stereocenters. The van der Waals surface area contributed by atoms with Crippen LogP contribution >= 0.6 is 0 Å². The van der Waals surface area contributed by atoms with E-state index in [1.165, 1.54) is 21.3 Å². The predicted molar refractivity (Wildman–Crippen MR) is 134 cm³/mol. The van der Waals surface area contributed by atoms with Gasteiger partial charge in [-0.2, -0.15) is 10.5 Å². The van der Waals surface area contributed by atoms with Crippen LogP contribution in [-0.2, 0) is 9.53 Å². The summed E-state index contributed by atoms with van der Waals surface area (Å²) in [5.74, 6) is 6.53. The molecule has 2 aromatic rings. The zero-order chi connectivity index (χ0) is 26.5. The van der Waals surface area contributed by atoms with Crippen molar-refractivity contribution in [2.24, 2.45) is 0 Å². The Labute approximate surface area is 210 Å². The fourth-order valence-corrected chi connectivity index (χ4v) is 3.10. The van der Waals surface area contributed by atoms with Crippen molar-refractivity contribution in [2.75, 3.05) is 34.5 Å². The lowest BCUT2D eigenvalue weighted by Gasteiger charge is -2.14. The summed E-state index contributed by atoms with van der Waals surface area (Å²) >= 11 is 0. The normalized spacial score (nSPS) is 10.4. The van der Waals surface area contributed by atoms with Crippen LogP contribution < -0.4 is 18.9 Å². The molecule has 0 saturated carbocycles. The summed E-state index contributed by atoms with van der Waals surface area (Å²) in [4.78, 5) is 11.4. The Hall–Kier alpha value is -4.87. The summed E-state index contributed by atoms with van der Waals surface area (Å²) in [6, 6.07) is 14.1. The number of nitrogens with zero attached hydrogens (tertiary/aromatic N) is 2. The minimum atomic E-state index is -0.447. The molecule has 0 heterocycles. The number of rotatable bonds is 11. The number of carbonyl (C=O) groups is 1. The quantitative estimate of drug-likeness (QED) is 0.113. The number of allylic oxidation sites excluding steroid dienone is 2. The molecule has 8 nitrogen and oxygen atoms in total. The first-order chi connectivity index (χ1) is 17.4. The Morgan fingerprint density at radius 2 is 1.44 bits per heavy atom. The molecule has 0 amide bonds. The van der Waals surface area contributed by atoms with Gasteiger partial charge in [0.2, 0.25) is 0 Å². The average Bonchev–Trinajstić information content (AvgIpc) is 2.90. The Balaban J connectivity index is 2.39. The van der Waals surface area contributed by atoms with Crippen LogP contribution in [0.2, 0.25) is 0 Å². The number of carbonyl (C=O) groups excluding carboxylic acids is 1. The highest BCUT2D eigenvalue weighted by Gasteiger charge is 2.16. The number of nitriles is 2. The van der Waals surface area contributed by atoms with Crippen molar-refractivity contribution < 1.29 is 28.5 Å². The number of methoxy groups -OCH3 is 3. The molecule has 0 unspecified atom stereocenters. The van der Waals surface area contributed by atoms with E-state index in [0.717, 1.165) is 0 Å². The Morgan fingerprint density at radius 1 is 0.861 bits per heavy atom. The summed E-state index contributed by atoms with van der Waals surface area (Å²) in [5, 5.41) is 19.0. The Bertz CT molecular complexity index is 1300. The molecule has 0 radical (unpaired) electrons. The van der Waals surface area contributed by atoms with E-state index in [0.29, 0.717) is 51.7 Å². The average molecular weight is 487 g/mol. The molecule has 2 rings (SSSR count). The van der Waals surface area contributed by atoms with E-state index < -0.39 is 5.97 Å². The van der Waals surface area contributed by atoms with Crippen molar-refractivity contribution in [3.63, 3.8) is 0 Å². The molecule has 0 saturated heterocycles. The van der Waals surface area contributed by atoms with Gasteiger partial charge in [-0.1, -0.05) is 6.58 Å². The molecule has 0 aromatic heterocycles. The van der Waals surface area contributed by atoms with Gasteiger partial charge in [0.1, 0.15) is 6.07 Å². The molecule has 8 heteroatoms. The Morgan fingerprint density at radius 3 is 2.00 bits per heavy atom. The van der Waals surface area contributed by atoms with Crippen LogP contribution in [0.25, 0.3) is 11.1 Å². The number of hydrogen-bond donors (Lipinski definition) is 0. The van der Waals surface area contributed by atoms with Crippen LogP contribution in [0.4, 0.5) is 0 Å². The zero-order valence-electron chi connectivity index (χ0n) is 20.6. The van der Waals surface area contributed by atoms with Crippen LogP contribution in [-0.4, -0.2) is 40.5 Å². The molecule has 36 heavy (non-hydrogen) atoms. The van der Waals surface area contributed by atoms with Crippen molar-refractivity contribution in [2.45, 2.75) is 13.3 Å². The van der Waals surface area contributed by atoms with E-state index in [1.54, 1.807) is 49.4 Å². The molecule has 0 N–H and O–H groups in total. The minimum absolute atomic E-state index is 0.194. The molecule has 184 valence electrons. The number of esters is 1. The maximum absolute atomic E-state index is 11.4. The number of ether oxygens (including phenoxy) is 5. The molecular weight excluding hydrogens is 460 g/mol. The fourth-order valence-electron chi connectivity index (χ4n) is 3.10. The molecule has 0 spiro atoms. The highest BCUT2D eigenvalue weighted by atomic mass is 16.5. The SMILES string of the molecule is C=C(C)C(=O)OCCCOc1ccc(/C(C#CC#N)=C(\C#N)c2ccc(OC)c(OC)c2)cc1OC. The first-order valence-electron chi connectivity index (χ1n) is 10.8. The largest absolute Gasteiger partial charge is 0.493 e. The molecule has 0 aliphatic heterocycles. The van der Waals surface area contributed by atoms with Gasteiger partial charge in [-0.25, -0.2) is 4.79 Å². The molecular formula is C28H26N2O6. The Kier molecular flexibility index (Phi) is 10.5. The summed E-state index contributed by atoms with van der Waals surface area (Å²) in [6.45, 7) is 5.59. The van der Waals surface area contributed by atoms with E-state index in [9.17, 15) is 10.1 Å². The lowest BCUT2D eigenvalue weighted by Crippen LogP contribution is -2.09. The maximum Gasteiger partial charge on any atom is 0.333 e. The standard InChI is InChI=1S/C28H26N2O6/c1-19(2)28(31)36-15-7-14-35-25-12-10-20(16-27(25)34-5)22(8-6-13-29)23(18-30)21-9-11-24(32-3)26(17-21)33-4/h9-12,16-17H,1,7,14-15H2,2-5H3/b23-22+. The lowest BCUT2D eigenvalue weighted by molar-refractivity contribution is -0.139. The predicted octanol–water partition coefficient (Wildman–Crippen LogP) is 4.56. The smallest absolute Gasteiger partial charge is 0.333 e. The van der Waals surface area contributed by atoms with Gasteiger partial charge in [-0.15, -0.1) is 0 Å². The van der Waals surface area contributed by atoms with Gasteiger partial charge in [0.25, 0.3) is 0 Å². The highest BCUT2D eigenvalue weighted by molar-refractivity contribution is 6.04. The molecule has 0 aliphatic rings. The van der Waals surface area contributed by atoms with Crippen LogP contribution in [0.1, 0.15) is 24.5 Å². The van der Waals surface area contributed by atoms with Crippen molar-refractivity contribution in [3.8, 4) is 47.0 Å². The second kappa shape index (κ2) is 13.7. The van der Waals surface area contributed by atoms with Crippen LogP contribution in [0.3, 0.4) is 0 Å². The molecule has 0 aliphatic carbocycles. The zero-order valence-corrected chi connectivity index (χ0v) is 20.6. The van der Waals surface area contributed by atoms with E-state index in [1.807, 2.05) is 0 Å². The second-order valence-electron chi connectivity index (χ2n) is 7.28. The number of hydrogen-bond acceptors (Lipinski definition) is 8. The van der Waals surface area contributed by atoms with Crippen LogP contribution in [0.15, 0.2) is 48.6 Å². The lowest BCUT2D eigenvalue weighted by atomic mass is 9.95. The van der Waals surface area contributed by atoms with Gasteiger partial charge >= 0.3 is 5.97 Å². The van der Waals surface area contributed by atoms with E-state index >= 15 is 0 Å². The van der Waals surface area contributed by atoms with Crippen molar-refractivity contribution >= 4 is 17.1 Å². The minimum Gasteiger partial charge on any atom is -0.493 e. The van der Waals surface area contributed by atoms with Gasteiger partial charge in [0, 0.05) is 17.9 Å². The fraction of sp³-hybridized carbons (Fsp3) is 0.250. The van der Waals surface area contributed by atoms with Crippen molar-refractivity contribution in [3.05, 3.63) is 59.7 Å². The topological polar surface area (TPSA) is 111 Å². The van der Waals surface area contributed by atoms with E-state index in [2.05, 4.69) is 24.5 Å². The first-order valence-corrected chi connectivity index (χ1v) is 10.8. The van der Waals surface area contributed by atoms with Crippen molar-refractivity contribution in [1.82, 2.24) is 0 Å². The van der Waals surface area contributed by atoms with Gasteiger partial charge in [-0.3, -0.25) is 0 Å². The molecule has 2 aromatic carbocycles. The van der Waals surface area contributed by atoms with Gasteiger partial charge < -0.3 is 23.7 Å². The molecule has 0 fully saturated rings. The maximum atomic E-state index is 11.4.